The van der Waals surface area contributed by atoms with Gasteiger partial charge >= 0.3 is 5.97 Å². The van der Waals surface area contributed by atoms with Crippen LogP contribution in [0.5, 0.6) is 0 Å². The second kappa shape index (κ2) is 7.54. The number of ether oxygens (including phenoxy) is 1. The van der Waals surface area contributed by atoms with Crippen LogP contribution >= 0.6 is 15.9 Å². The maximum absolute atomic E-state index is 12.2. The van der Waals surface area contributed by atoms with Gasteiger partial charge in [0, 0.05) is 17.4 Å². The Kier molecular flexibility index (Phi) is 5.71. The molecule has 5 nitrogen and oxygen atoms in total. The number of nitrogens with zero attached hydrogens (tertiary/aromatic N) is 1. The molecule has 0 unspecified atom stereocenters. The Hall–Kier alpha value is -1.69. The topological polar surface area (TPSA) is 63.7 Å². The first-order chi connectivity index (χ1) is 10.5. The van der Waals surface area contributed by atoms with Crippen molar-refractivity contribution < 1.29 is 19.1 Å². The summed E-state index contributed by atoms with van der Waals surface area (Å²) in [6.07, 6.45) is 2.62. The van der Waals surface area contributed by atoms with Crippen molar-refractivity contribution in [1.82, 2.24) is 4.90 Å². The predicted octanol–water partition coefficient (Wildman–Crippen LogP) is 3.17. The van der Waals surface area contributed by atoms with Gasteiger partial charge < -0.3 is 4.74 Å². The monoisotopic (exact) mass is 367 g/mol. The van der Waals surface area contributed by atoms with E-state index in [-0.39, 0.29) is 30.9 Å². The van der Waals surface area contributed by atoms with Gasteiger partial charge in [-0.1, -0.05) is 29.3 Å². The first-order valence-corrected chi connectivity index (χ1v) is 8.15. The third-order valence-electron chi connectivity index (χ3n) is 3.46. The van der Waals surface area contributed by atoms with Crippen LogP contribution in [0.1, 0.15) is 53.3 Å². The molecule has 0 radical (unpaired) electrons. The van der Waals surface area contributed by atoms with Gasteiger partial charge in [-0.25, -0.2) is 0 Å². The van der Waals surface area contributed by atoms with E-state index >= 15 is 0 Å². The summed E-state index contributed by atoms with van der Waals surface area (Å²) in [7, 11) is 0. The van der Waals surface area contributed by atoms with Crippen LogP contribution in [0.4, 0.5) is 0 Å². The van der Waals surface area contributed by atoms with Crippen LogP contribution in [0, 0.1) is 0 Å². The number of halogens is 1. The zero-order valence-electron chi connectivity index (χ0n) is 12.4. The molecule has 1 heterocycles. The van der Waals surface area contributed by atoms with E-state index < -0.39 is 0 Å². The molecule has 0 fully saturated rings. The molecule has 1 aliphatic rings. The molecule has 0 bridgehead atoms. The van der Waals surface area contributed by atoms with E-state index in [1.165, 1.54) is 4.90 Å². The summed E-state index contributed by atoms with van der Waals surface area (Å²) in [6, 6.07) is 5.04. The van der Waals surface area contributed by atoms with E-state index in [0.717, 1.165) is 17.3 Å². The van der Waals surface area contributed by atoms with Gasteiger partial charge in [0.05, 0.1) is 17.7 Å². The van der Waals surface area contributed by atoms with E-state index in [1.54, 1.807) is 18.2 Å². The van der Waals surface area contributed by atoms with Gasteiger partial charge in [0.15, 0.2) is 0 Å². The van der Waals surface area contributed by atoms with Crippen LogP contribution in [0.25, 0.3) is 0 Å². The van der Waals surface area contributed by atoms with Gasteiger partial charge in [0.25, 0.3) is 11.8 Å². The lowest BCUT2D eigenvalue weighted by Gasteiger charge is -2.13. The van der Waals surface area contributed by atoms with Crippen molar-refractivity contribution in [2.24, 2.45) is 0 Å². The highest BCUT2D eigenvalue weighted by atomic mass is 79.9. The summed E-state index contributed by atoms with van der Waals surface area (Å²) in [5, 5.41) is 0. The maximum atomic E-state index is 12.2. The second-order valence-electron chi connectivity index (χ2n) is 5.13. The number of esters is 1. The van der Waals surface area contributed by atoms with Gasteiger partial charge in [-0.05, 0) is 31.0 Å². The van der Waals surface area contributed by atoms with Gasteiger partial charge in [-0.2, -0.15) is 0 Å². The zero-order chi connectivity index (χ0) is 16.1. The lowest BCUT2D eigenvalue weighted by Crippen LogP contribution is -2.31. The number of amides is 2. The first-order valence-electron chi connectivity index (χ1n) is 7.36. The number of carbonyl (C=O) groups excluding carboxylic acids is 3. The number of imide groups is 1. The Balaban J connectivity index is 1.84. The molecule has 1 aromatic rings. The van der Waals surface area contributed by atoms with Crippen LogP contribution in [-0.2, 0) is 9.53 Å². The third-order valence-corrected chi connectivity index (χ3v) is 3.95. The van der Waals surface area contributed by atoms with Crippen molar-refractivity contribution in [3.63, 3.8) is 0 Å². The van der Waals surface area contributed by atoms with Gasteiger partial charge in [-0.15, -0.1) is 0 Å². The van der Waals surface area contributed by atoms with E-state index in [0.29, 0.717) is 24.0 Å². The molecule has 0 aromatic heterocycles. The van der Waals surface area contributed by atoms with E-state index in [1.807, 2.05) is 6.92 Å². The summed E-state index contributed by atoms with van der Waals surface area (Å²) in [6.45, 7) is 2.48. The molecule has 0 atom stereocenters. The lowest BCUT2D eigenvalue weighted by atomic mass is 10.1. The molecule has 0 saturated heterocycles. The number of unbranched alkanes of at least 4 members (excludes halogenated alkanes) is 1. The van der Waals surface area contributed by atoms with Crippen LogP contribution in [0.3, 0.4) is 0 Å². The molecule has 1 aromatic carbocycles. The predicted molar refractivity (Wildman–Crippen MR) is 84.6 cm³/mol. The molecule has 6 heteroatoms. The third kappa shape index (κ3) is 3.74. The fraction of sp³-hybridized carbons (Fsp3) is 0.438. The number of carbonyl (C=O) groups is 3. The molecule has 0 saturated carbocycles. The average Bonchev–Trinajstić information content (AvgIpc) is 2.73. The average molecular weight is 368 g/mol. The van der Waals surface area contributed by atoms with Crippen molar-refractivity contribution in [2.45, 2.75) is 32.6 Å². The van der Waals surface area contributed by atoms with E-state index in [2.05, 4.69) is 15.9 Å². The molecular weight excluding hydrogens is 350 g/mol. The van der Waals surface area contributed by atoms with Crippen LogP contribution in [0.2, 0.25) is 0 Å². The minimum Gasteiger partial charge on any atom is -0.466 e. The summed E-state index contributed by atoms with van der Waals surface area (Å²) >= 11 is 3.29. The number of fused-ring (bicyclic) bond motifs is 1. The van der Waals surface area contributed by atoms with Gasteiger partial charge in [0.2, 0.25) is 0 Å². The van der Waals surface area contributed by atoms with Crippen molar-refractivity contribution in [3.05, 3.63) is 33.8 Å². The largest absolute Gasteiger partial charge is 0.466 e. The number of rotatable bonds is 7. The lowest BCUT2D eigenvalue weighted by molar-refractivity contribution is -0.143. The summed E-state index contributed by atoms with van der Waals surface area (Å²) < 4.78 is 5.84. The Labute approximate surface area is 137 Å². The molecule has 2 amide bonds. The standard InChI is InChI=1S/C16H18BrNO4/c1-2-3-5-14(19)22-9-4-8-18-15(20)12-7-6-11(17)10-13(12)16(18)21/h6-7,10H,2-5,8-9H2,1H3. The molecular formula is C16H18BrNO4. The molecule has 0 spiro atoms. The fourth-order valence-corrected chi connectivity index (χ4v) is 2.63. The highest BCUT2D eigenvalue weighted by Gasteiger charge is 2.35. The molecule has 1 aliphatic heterocycles. The Morgan fingerprint density at radius 3 is 2.64 bits per heavy atom. The Morgan fingerprint density at radius 1 is 1.18 bits per heavy atom. The minimum absolute atomic E-state index is 0.222. The molecule has 0 N–H and O–H groups in total. The highest BCUT2D eigenvalue weighted by molar-refractivity contribution is 9.10. The van der Waals surface area contributed by atoms with Crippen molar-refractivity contribution in [3.8, 4) is 0 Å². The van der Waals surface area contributed by atoms with Gasteiger partial charge in [-0.3, -0.25) is 19.3 Å². The smallest absolute Gasteiger partial charge is 0.305 e. The maximum Gasteiger partial charge on any atom is 0.305 e. The number of hydrogen-bond donors (Lipinski definition) is 0. The molecule has 118 valence electrons. The van der Waals surface area contributed by atoms with E-state index in [9.17, 15) is 14.4 Å². The quantitative estimate of drug-likeness (QED) is 0.421. The van der Waals surface area contributed by atoms with Crippen molar-refractivity contribution in [2.75, 3.05) is 13.2 Å². The number of benzene rings is 1. The fourth-order valence-electron chi connectivity index (χ4n) is 2.27. The van der Waals surface area contributed by atoms with Crippen LogP contribution in [-0.4, -0.2) is 35.8 Å². The Morgan fingerprint density at radius 2 is 1.91 bits per heavy atom. The normalized spacial score (nSPS) is 13.5. The first kappa shape index (κ1) is 16.7. The minimum atomic E-state index is -0.293. The zero-order valence-corrected chi connectivity index (χ0v) is 14.0. The molecule has 0 aliphatic carbocycles. The highest BCUT2D eigenvalue weighted by Crippen LogP contribution is 2.26. The van der Waals surface area contributed by atoms with Crippen molar-refractivity contribution in [1.29, 1.82) is 0 Å². The van der Waals surface area contributed by atoms with Crippen molar-refractivity contribution >= 4 is 33.7 Å². The summed E-state index contributed by atoms with van der Waals surface area (Å²) in [5.41, 5.74) is 0.840. The summed E-state index contributed by atoms with van der Waals surface area (Å²) in [5.74, 6) is -0.809. The Bertz CT molecular complexity index is 600. The molecule has 2 rings (SSSR count). The SMILES string of the molecule is CCCCC(=O)OCCCN1C(=O)c2ccc(Br)cc2C1=O. The van der Waals surface area contributed by atoms with E-state index in [4.69, 9.17) is 4.74 Å². The molecule has 22 heavy (non-hydrogen) atoms. The van der Waals surface area contributed by atoms with Gasteiger partial charge in [0.1, 0.15) is 0 Å². The van der Waals surface area contributed by atoms with Crippen LogP contribution < -0.4 is 0 Å². The van der Waals surface area contributed by atoms with Crippen LogP contribution in [0.15, 0.2) is 22.7 Å². The second-order valence-corrected chi connectivity index (χ2v) is 6.05. The summed E-state index contributed by atoms with van der Waals surface area (Å²) in [4.78, 5) is 36.9. The number of hydrogen-bond acceptors (Lipinski definition) is 4.